The zero-order chi connectivity index (χ0) is 11.8. The van der Waals surface area contributed by atoms with E-state index in [0.717, 1.165) is 5.92 Å². The second-order valence-electron chi connectivity index (χ2n) is 5.60. The lowest BCUT2D eigenvalue weighted by molar-refractivity contribution is 0.137. The summed E-state index contributed by atoms with van der Waals surface area (Å²) in [7, 11) is 0. The molecule has 1 aliphatic carbocycles. The van der Waals surface area contributed by atoms with E-state index in [1.54, 1.807) is 0 Å². The van der Waals surface area contributed by atoms with Crippen molar-refractivity contribution in [2.45, 2.75) is 52.0 Å². The zero-order valence-corrected chi connectivity index (χ0v) is 10.7. The molecule has 0 heterocycles. The average Bonchev–Trinajstić information content (AvgIpc) is 2.14. The highest BCUT2D eigenvalue weighted by Gasteiger charge is 2.41. The highest BCUT2D eigenvalue weighted by Crippen LogP contribution is 2.45. The van der Waals surface area contributed by atoms with Crippen LogP contribution in [0.25, 0.3) is 0 Å². The summed E-state index contributed by atoms with van der Waals surface area (Å²) in [5, 5.41) is 0. The molecule has 0 radical (unpaired) electrons. The predicted octanol–water partition coefficient (Wildman–Crippen LogP) is 3.67. The molecule has 1 aliphatic rings. The summed E-state index contributed by atoms with van der Waals surface area (Å²) in [5.41, 5.74) is 10.5. The number of rotatable bonds is 3. The van der Waals surface area contributed by atoms with Gasteiger partial charge in [0.25, 0.3) is 0 Å². The highest BCUT2D eigenvalue weighted by atomic mass is 14.8. The van der Waals surface area contributed by atoms with Crippen molar-refractivity contribution in [1.82, 2.24) is 0 Å². The van der Waals surface area contributed by atoms with E-state index in [0.29, 0.717) is 0 Å². The van der Waals surface area contributed by atoms with E-state index < -0.39 is 0 Å². The maximum atomic E-state index is 6.48. The Morgan fingerprint density at radius 3 is 2.25 bits per heavy atom. The Hall–Kier alpha value is -0.820. The van der Waals surface area contributed by atoms with Gasteiger partial charge in [-0.1, -0.05) is 49.1 Å². The van der Waals surface area contributed by atoms with Crippen LogP contribution < -0.4 is 5.73 Å². The first-order valence-electron chi connectivity index (χ1n) is 6.41. The smallest absolute Gasteiger partial charge is 0.0415 e. The molecule has 1 aromatic carbocycles. The molecular weight excluding hydrogens is 194 g/mol. The minimum absolute atomic E-state index is 0.0311. The van der Waals surface area contributed by atoms with E-state index in [2.05, 4.69) is 39.0 Å². The topological polar surface area (TPSA) is 26.0 Å². The number of hydrogen-bond donors (Lipinski definition) is 1. The Morgan fingerprint density at radius 1 is 1.19 bits per heavy atom. The monoisotopic (exact) mass is 217 g/mol. The van der Waals surface area contributed by atoms with Gasteiger partial charge in [0.15, 0.2) is 0 Å². The van der Waals surface area contributed by atoms with Crippen LogP contribution >= 0.6 is 0 Å². The van der Waals surface area contributed by atoms with Crippen molar-refractivity contribution in [2.24, 2.45) is 11.7 Å². The van der Waals surface area contributed by atoms with E-state index in [-0.39, 0.29) is 5.54 Å². The summed E-state index contributed by atoms with van der Waals surface area (Å²) in [4.78, 5) is 0. The van der Waals surface area contributed by atoms with Gasteiger partial charge in [-0.05, 0) is 38.2 Å². The molecule has 1 nitrogen and oxygen atoms in total. The molecule has 0 aliphatic heterocycles. The molecule has 2 rings (SSSR count). The van der Waals surface area contributed by atoms with Gasteiger partial charge in [-0.25, -0.2) is 0 Å². The minimum Gasteiger partial charge on any atom is -0.321 e. The summed E-state index contributed by atoms with van der Waals surface area (Å²) in [6, 6.07) is 6.74. The maximum Gasteiger partial charge on any atom is 0.0415 e. The van der Waals surface area contributed by atoms with Gasteiger partial charge in [-0.15, -0.1) is 0 Å². The second kappa shape index (κ2) is 4.21. The van der Waals surface area contributed by atoms with Gasteiger partial charge in [0.1, 0.15) is 0 Å². The number of aryl methyl sites for hydroxylation is 2. The number of benzene rings is 1. The van der Waals surface area contributed by atoms with Crippen molar-refractivity contribution < 1.29 is 0 Å². The van der Waals surface area contributed by atoms with Gasteiger partial charge < -0.3 is 5.73 Å². The molecule has 1 saturated carbocycles. The lowest BCUT2D eigenvalue weighted by Gasteiger charge is -2.46. The fourth-order valence-electron chi connectivity index (χ4n) is 3.08. The Labute approximate surface area is 99.0 Å². The SMILES string of the molecule is CCCC1CC(N)(c2cc(C)cc(C)c2)C1. The van der Waals surface area contributed by atoms with Crippen LogP contribution in [0.1, 0.15) is 49.3 Å². The van der Waals surface area contributed by atoms with Crippen LogP contribution in [0.15, 0.2) is 18.2 Å². The third-order valence-corrected chi connectivity index (χ3v) is 3.80. The molecular formula is C15H23N. The fourth-order valence-corrected chi connectivity index (χ4v) is 3.08. The van der Waals surface area contributed by atoms with Crippen molar-refractivity contribution in [3.8, 4) is 0 Å². The molecule has 1 aromatic rings. The van der Waals surface area contributed by atoms with Gasteiger partial charge in [0, 0.05) is 5.54 Å². The van der Waals surface area contributed by atoms with E-state index in [4.69, 9.17) is 5.73 Å². The number of hydrogen-bond acceptors (Lipinski definition) is 1. The van der Waals surface area contributed by atoms with Gasteiger partial charge >= 0.3 is 0 Å². The molecule has 0 bridgehead atoms. The largest absolute Gasteiger partial charge is 0.321 e. The van der Waals surface area contributed by atoms with Crippen LogP contribution in [0.5, 0.6) is 0 Å². The third kappa shape index (κ3) is 2.15. The quantitative estimate of drug-likeness (QED) is 0.821. The summed E-state index contributed by atoms with van der Waals surface area (Å²) in [6.45, 7) is 6.57. The highest BCUT2D eigenvalue weighted by molar-refractivity contribution is 5.35. The summed E-state index contributed by atoms with van der Waals surface area (Å²) >= 11 is 0. The van der Waals surface area contributed by atoms with Crippen LogP contribution in [-0.2, 0) is 5.54 Å². The molecule has 1 heteroatoms. The first kappa shape index (κ1) is 11.7. The summed E-state index contributed by atoms with van der Waals surface area (Å²) in [5.74, 6) is 0.857. The average molecular weight is 217 g/mol. The first-order valence-corrected chi connectivity index (χ1v) is 6.41. The van der Waals surface area contributed by atoms with Gasteiger partial charge in [-0.2, -0.15) is 0 Å². The van der Waals surface area contributed by atoms with Crippen molar-refractivity contribution in [3.05, 3.63) is 34.9 Å². The fraction of sp³-hybridized carbons (Fsp3) is 0.600. The first-order chi connectivity index (χ1) is 7.53. The van der Waals surface area contributed by atoms with E-state index in [1.165, 1.54) is 42.4 Å². The molecule has 0 amide bonds. The normalized spacial score (nSPS) is 28.9. The summed E-state index contributed by atoms with van der Waals surface area (Å²) in [6.07, 6.45) is 4.96. The molecule has 1 fully saturated rings. The van der Waals surface area contributed by atoms with Crippen molar-refractivity contribution in [1.29, 1.82) is 0 Å². The van der Waals surface area contributed by atoms with Crippen molar-refractivity contribution in [3.63, 3.8) is 0 Å². The van der Waals surface area contributed by atoms with E-state index in [1.807, 2.05) is 0 Å². The van der Waals surface area contributed by atoms with Gasteiger partial charge in [-0.3, -0.25) is 0 Å². The molecule has 0 aromatic heterocycles. The maximum absolute atomic E-state index is 6.48. The molecule has 0 saturated heterocycles. The van der Waals surface area contributed by atoms with Crippen LogP contribution in [-0.4, -0.2) is 0 Å². The Bertz CT molecular complexity index is 355. The lowest BCUT2D eigenvalue weighted by atomic mass is 9.64. The standard InChI is InChI=1S/C15H23N/c1-4-5-13-9-15(16,10-13)14-7-11(2)6-12(3)8-14/h6-8,13H,4-5,9-10,16H2,1-3H3. The van der Waals surface area contributed by atoms with Crippen LogP contribution in [0.2, 0.25) is 0 Å². The van der Waals surface area contributed by atoms with Crippen LogP contribution in [0.4, 0.5) is 0 Å². The molecule has 0 atom stereocenters. The molecule has 0 spiro atoms. The van der Waals surface area contributed by atoms with Gasteiger partial charge in [0.05, 0.1) is 0 Å². The molecule has 88 valence electrons. The minimum atomic E-state index is -0.0311. The van der Waals surface area contributed by atoms with Crippen LogP contribution in [0.3, 0.4) is 0 Å². The number of nitrogens with two attached hydrogens (primary N) is 1. The Morgan fingerprint density at radius 2 is 1.75 bits per heavy atom. The van der Waals surface area contributed by atoms with Gasteiger partial charge in [0.2, 0.25) is 0 Å². The Kier molecular flexibility index (Phi) is 3.07. The lowest BCUT2D eigenvalue weighted by Crippen LogP contribution is -2.48. The van der Waals surface area contributed by atoms with Crippen molar-refractivity contribution in [2.75, 3.05) is 0 Å². The molecule has 0 unspecified atom stereocenters. The van der Waals surface area contributed by atoms with E-state index in [9.17, 15) is 0 Å². The second-order valence-corrected chi connectivity index (χ2v) is 5.60. The predicted molar refractivity (Wildman–Crippen MR) is 69.4 cm³/mol. The Balaban J connectivity index is 2.13. The van der Waals surface area contributed by atoms with E-state index >= 15 is 0 Å². The van der Waals surface area contributed by atoms with Crippen LogP contribution in [0, 0.1) is 19.8 Å². The third-order valence-electron chi connectivity index (χ3n) is 3.80. The zero-order valence-electron chi connectivity index (χ0n) is 10.7. The molecule has 2 N–H and O–H groups in total. The summed E-state index contributed by atoms with van der Waals surface area (Å²) < 4.78 is 0. The molecule has 16 heavy (non-hydrogen) atoms. The van der Waals surface area contributed by atoms with Crippen molar-refractivity contribution >= 4 is 0 Å².